The van der Waals surface area contributed by atoms with Crippen LogP contribution >= 0.6 is 0 Å². The maximum atomic E-state index is 13.3. The molecule has 0 radical (unpaired) electrons. The van der Waals surface area contributed by atoms with Crippen molar-refractivity contribution >= 4 is 23.0 Å². The Morgan fingerprint density at radius 3 is 2.78 bits per heavy atom. The lowest BCUT2D eigenvalue weighted by molar-refractivity contribution is -0.135. The molecule has 1 aromatic heterocycles. The molecule has 2 atom stereocenters. The summed E-state index contributed by atoms with van der Waals surface area (Å²) in [5.41, 5.74) is 3.88. The van der Waals surface area contributed by atoms with Gasteiger partial charge in [0.15, 0.2) is 0 Å². The summed E-state index contributed by atoms with van der Waals surface area (Å²) in [5, 5.41) is 4.61. The van der Waals surface area contributed by atoms with Gasteiger partial charge in [0.1, 0.15) is 0 Å². The van der Waals surface area contributed by atoms with Crippen molar-refractivity contribution in [3.05, 3.63) is 41.6 Å². The van der Waals surface area contributed by atoms with E-state index in [2.05, 4.69) is 50.2 Å². The van der Waals surface area contributed by atoms with Gasteiger partial charge in [-0.1, -0.05) is 25.1 Å². The van der Waals surface area contributed by atoms with Gasteiger partial charge in [-0.25, -0.2) is 0 Å². The number of benzene rings is 1. The van der Waals surface area contributed by atoms with Crippen LogP contribution in [0.5, 0.6) is 0 Å². The lowest BCUT2D eigenvalue weighted by Gasteiger charge is -2.48. The van der Waals surface area contributed by atoms with Crippen molar-refractivity contribution < 1.29 is 4.79 Å². The van der Waals surface area contributed by atoms with Crippen molar-refractivity contribution in [3.63, 3.8) is 0 Å². The number of pyridine rings is 1. The third-order valence-corrected chi connectivity index (χ3v) is 7.83. The molecular formula is C26H35N5O. The van der Waals surface area contributed by atoms with Gasteiger partial charge in [-0.15, -0.1) is 0 Å². The fraction of sp³-hybridized carbons (Fsp3) is 0.577. The van der Waals surface area contributed by atoms with E-state index in [0.717, 1.165) is 56.8 Å². The summed E-state index contributed by atoms with van der Waals surface area (Å²) in [6, 6.07) is 8.52. The molecule has 3 aliphatic heterocycles. The standard InChI is InChI=1S/C26H35N5O/c1-19-12-21(22-6-5-20(13-27-2)25-23(22)4-3-9-29-25)15-31(14-19)24(32)16-30-10-7-26(8-11-30)17-28-18-26/h3-6,9,13,19,21,28H,7-8,10-12,14-18H2,1-2H3/b27-13+/t19-,21+/m1/s1. The lowest BCUT2D eigenvalue weighted by atomic mass is 9.73. The van der Waals surface area contributed by atoms with E-state index in [9.17, 15) is 4.79 Å². The van der Waals surface area contributed by atoms with Crippen molar-refractivity contribution in [2.45, 2.75) is 32.1 Å². The van der Waals surface area contributed by atoms with Gasteiger partial charge in [-0.2, -0.15) is 0 Å². The number of aliphatic imine (C=N–C) groups is 1. The predicted molar refractivity (Wildman–Crippen MR) is 129 cm³/mol. The second kappa shape index (κ2) is 8.91. The molecule has 1 aromatic carbocycles. The molecule has 32 heavy (non-hydrogen) atoms. The first-order valence-corrected chi connectivity index (χ1v) is 12.1. The number of likely N-dealkylation sites (tertiary alicyclic amines) is 2. The summed E-state index contributed by atoms with van der Waals surface area (Å²) in [7, 11) is 1.79. The molecule has 2 aromatic rings. The van der Waals surface area contributed by atoms with E-state index in [1.54, 1.807) is 7.05 Å². The zero-order chi connectivity index (χ0) is 22.1. The van der Waals surface area contributed by atoms with E-state index < -0.39 is 0 Å². The van der Waals surface area contributed by atoms with Gasteiger partial charge in [0.05, 0.1) is 12.1 Å². The zero-order valence-electron chi connectivity index (χ0n) is 19.4. The number of amides is 1. The molecule has 0 bridgehead atoms. The van der Waals surface area contributed by atoms with E-state index in [1.807, 2.05) is 18.5 Å². The van der Waals surface area contributed by atoms with Crippen LogP contribution in [0.3, 0.4) is 0 Å². The third kappa shape index (κ3) is 4.18. The van der Waals surface area contributed by atoms with E-state index in [-0.39, 0.29) is 0 Å². The molecular weight excluding hydrogens is 398 g/mol. The molecule has 4 heterocycles. The summed E-state index contributed by atoms with van der Waals surface area (Å²) < 4.78 is 0. The van der Waals surface area contributed by atoms with Crippen molar-refractivity contribution in [1.29, 1.82) is 0 Å². The van der Waals surface area contributed by atoms with Crippen LogP contribution in [0.2, 0.25) is 0 Å². The maximum Gasteiger partial charge on any atom is 0.236 e. The normalized spacial score (nSPS) is 26.0. The molecule has 1 spiro atoms. The number of fused-ring (bicyclic) bond motifs is 1. The number of carbonyl (C=O) groups excluding carboxylic acids is 1. The van der Waals surface area contributed by atoms with Gasteiger partial charge >= 0.3 is 0 Å². The highest BCUT2D eigenvalue weighted by Crippen LogP contribution is 2.36. The van der Waals surface area contributed by atoms with Gasteiger partial charge in [-0.05, 0) is 55.3 Å². The molecule has 1 N–H and O–H groups in total. The number of hydrogen-bond acceptors (Lipinski definition) is 5. The molecule has 0 aliphatic carbocycles. The number of piperidine rings is 2. The molecule has 3 aliphatic rings. The Bertz CT molecular complexity index is 1000. The molecule has 0 unspecified atom stereocenters. The minimum absolute atomic E-state index is 0.293. The first-order chi connectivity index (χ1) is 15.6. The lowest BCUT2D eigenvalue weighted by Crippen LogP contribution is -2.59. The SMILES string of the molecule is C/N=C/c1ccc([C@H]2C[C@@H](C)CN(C(=O)CN3CCC4(CC3)CNC4)C2)c2cccnc12. The highest BCUT2D eigenvalue weighted by molar-refractivity contribution is 5.99. The van der Waals surface area contributed by atoms with Gasteiger partial charge < -0.3 is 10.2 Å². The number of nitrogens with zero attached hydrogens (tertiary/aromatic N) is 4. The fourth-order valence-electron chi connectivity index (χ4n) is 5.91. The molecule has 6 nitrogen and oxygen atoms in total. The molecule has 1 amide bonds. The van der Waals surface area contributed by atoms with Crippen LogP contribution in [0.1, 0.15) is 43.2 Å². The van der Waals surface area contributed by atoms with Crippen LogP contribution in [-0.2, 0) is 4.79 Å². The van der Waals surface area contributed by atoms with Crippen LogP contribution in [-0.4, -0.2) is 79.8 Å². The van der Waals surface area contributed by atoms with E-state index in [4.69, 9.17) is 0 Å². The first-order valence-electron chi connectivity index (χ1n) is 12.1. The van der Waals surface area contributed by atoms with Crippen LogP contribution < -0.4 is 5.32 Å². The molecule has 5 rings (SSSR count). The largest absolute Gasteiger partial charge is 0.341 e. The highest BCUT2D eigenvalue weighted by atomic mass is 16.2. The van der Waals surface area contributed by atoms with Crippen molar-refractivity contribution in [2.24, 2.45) is 16.3 Å². The number of carbonyl (C=O) groups is 1. The Kier molecular flexibility index (Phi) is 5.99. The second-order valence-electron chi connectivity index (χ2n) is 10.2. The average Bonchev–Trinajstić information content (AvgIpc) is 2.78. The van der Waals surface area contributed by atoms with Gasteiger partial charge in [0, 0.05) is 62.5 Å². The number of hydrogen-bond donors (Lipinski definition) is 1. The Labute approximate surface area is 191 Å². The monoisotopic (exact) mass is 433 g/mol. The Hall–Kier alpha value is -2.31. The number of aromatic nitrogens is 1. The quantitative estimate of drug-likeness (QED) is 0.754. The van der Waals surface area contributed by atoms with Crippen LogP contribution in [0, 0.1) is 11.3 Å². The number of rotatable bonds is 4. The second-order valence-corrected chi connectivity index (χ2v) is 10.2. The highest BCUT2D eigenvalue weighted by Gasteiger charge is 2.40. The van der Waals surface area contributed by atoms with Gasteiger partial charge in [0.25, 0.3) is 0 Å². The van der Waals surface area contributed by atoms with Crippen molar-refractivity contribution in [2.75, 3.05) is 52.9 Å². The summed E-state index contributed by atoms with van der Waals surface area (Å²) in [5.74, 6) is 1.13. The molecule has 0 saturated carbocycles. The molecule has 3 fully saturated rings. The Balaban J connectivity index is 1.30. The minimum Gasteiger partial charge on any atom is -0.341 e. The van der Waals surface area contributed by atoms with Crippen molar-refractivity contribution in [1.82, 2.24) is 20.1 Å². The Morgan fingerprint density at radius 1 is 1.25 bits per heavy atom. The van der Waals surface area contributed by atoms with E-state index in [0.29, 0.717) is 29.7 Å². The smallest absolute Gasteiger partial charge is 0.236 e. The fourth-order valence-corrected chi connectivity index (χ4v) is 5.91. The summed E-state index contributed by atoms with van der Waals surface area (Å²) in [6.07, 6.45) is 7.27. The van der Waals surface area contributed by atoms with Gasteiger partial charge in [-0.3, -0.25) is 19.7 Å². The number of nitrogens with one attached hydrogen (secondary N) is 1. The van der Waals surface area contributed by atoms with Gasteiger partial charge in [0.2, 0.25) is 5.91 Å². The topological polar surface area (TPSA) is 60.8 Å². The van der Waals surface area contributed by atoms with E-state index >= 15 is 0 Å². The minimum atomic E-state index is 0.293. The van der Waals surface area contributed by atoms with Crippen LogP contribution in [0.25, 0.3) is 10.9 Å². The first kappa shape index (κ1) is 21.5. The average molecular weight is 434 g/mol. The van der Waals surface area contributed by atoms with Crippen molar-refractivity contribution in [3.8, 4) is 0 Å². The van der Waals surface area contributed by atoms with Crippen LogP contribution in [0.4, 0.5) is 0 Å². The summed E-state index contributed by atoms with van der Waals surface area (Å²) in [6.45, 7) is 8.94. The van der Waals surface area contributed by atoms with Crippen LogP contribution in [0.15, 0.2) is 35.5 Å². The van der Waals surface area contributed by atoms with E-state index in [1.165, 1.54) is 23.8 Å². The zero-order valence-corrected chi connectivity index (χ0v) is 19.4. The molecule has 3 saturated heterocycles. The third-order valence-electron chi connectivity index (χ3n) is 7.83. The summed E-state index contributed by atoms with van der Waals surface area (Å²) in [4.78, 5) is 26.6. The predicted octanol–water partition coefficient (Wildman–Crippen LogP) is 2.92. The molecule has 170 valence electrons. The maximum absolute atomic E-state index is 13.3. The summed E-state index contributed by atoms with van der Waals surface area (Å²) >= 11 is 0. The molecule has 6 heteroatoms. The Morgan fingerprint density at radius 2 is 2.06 bits per heavy atom.